The highest BCUT2D eigenvalue weighted by atomic mass is 33.1. The number of hydrogen-bond acceptors (Lipinski definition) is 4. The van der Waals surface area contributed by atoms with Crippen LogP contribution in [0.5, 0.6) is 0 Å². The molecule has 0 heterocycles. The molecule has 2 nitrogen and oxygen atoms in total. The first-order valence-corrected chi connectivity index (χ1v) is 36.5. The lowest BCUT2D eigenvalue weighted by Gasteiger charge is -2.27. The molecule has 0 aromatic heterocycles. The fourth-order valence-electron chi connectivity index (χ4n) is 10.8. The minimum atomic E-state index is 1.08. The molecule has 6 heteroatoms. The van der Waals surface area contributed by atoms with E-state index in [1.54, 1.807) is 0 Å². The Morgan fingerprint density at radius 3 is 0.431 bits per heavy atom. The van der Waals surface area contributed by atoms with Gasteiger partial charge in [-0.25, -0.2) is 0 Å². The van der Waals surface area contributed by atoms with Crippen LogP contribution in [0, 0.1) is 0 Å². The maximum Gasteiger partial charge on any atom is 0.147 e. The summed E-state index contributed by atoms with van der Waals surface area (Å²) in [5.41, 5.74) is 0. The summed E-state index contributed by atoms with van der Waals surface area (Å²) in [6.45, 7) is 13.8. The first-order chi connectivity index (χ1) is 35.6. The van der Waals surface area contributed by atoms with E-state index in [0.29, 0.717) is 0 Å². The van der Waals surface area contributed by atoms with Crippen LogP contribution in [-0.4, -0.2) is 44.6 Å². The van der Waals surface area contributed by atoms with Crippen LogP contribution in [0.1, 0.15) is 387 Å². The molecule has 0 unspecified atom stereocenters. The zero-order chi connectivity index (χ0) is 52.2. The van der Waals surface area contributed by atoms with Crippen LogP contribution in [-0.2, 0) is 0 Å². The summed E-state index contributed by atoms with van der Waals surface area (Å²) in [6, 6.07) is 0. The van der Waals surface area contributed by atoms with Gasteiger partial charge in [-0.3, -0.25) is 0 Å². The molecule has 0 aliphatic rings. The van der Waals surface area contributed by atoms with Gasteiger partial charge in [-0.05, 0) is 47.3 Å². The van der Waals surface area contributed by atoms with Gasteiger partial charge in [-0.1, -0.05) is 386 Å². The summed E-state index contributed by atoms with van der Waals surface area (Å²) in [7, 11) is 3.62. The summed E-state index contributed by atoms with van der Waals surface area (Å²) in [5.74, 6) is 0. The first-order valence-electron chi connectivity index (χ1n) is 33.5. The van der Waals surface area contributed by atoms with Gasteiger partial charge in [-0.15, -0.1) is 0 Å². The highest BCUT2D eigenvalue weighted by Crippen LogP contribution is 2.30. The maximum atomic E-state index is 6.27. The van der Waals surface area contributed by atoms with Crippen molar-refractivity contribution < 1.29 is 0 Å². The van der Waals surface area contributed by atoms with Crippen molar-refractivity contribution in [1.29, 1.82) is 0 Å². The lowest BCUT2D eigenvalue weighted by Crippen LogP contribution is -2.31. The smallest absolute Gasteiger partial charge is 0.147 e. The molecule has 0 aliphatic carbocycles. The fourth-order valence-corrected chi connectivity index (χ4v) is 13.5. The number of rotatable bonds is 60. The average molecular weight is 1080 g/mol. The van der Waals surface area contributed by atoms with Gasteiger partial charge < -0.3 is 9.80 Å². The molecule has 0 bridgehead atoms. The van der Waals surface area contributed by atoms with Gasteiger partial charge in [0.2, 0.25) is 0 Å². The normalized spacial score (nSPS) is 11.6. The van der Waals surface area contributed by atoms with Crippen molar-refractivity contribution in [2.75, 3.05) is 26.2 Å². The standard InChI is InChI=1S/C66H132N2S4/c1-5-9-13-17-21-25-29-33-37-41-45-49-53-57-61-67(62-58-54-50-46-42-38-34-30-26-22-18-14-10-6-2)65(69)71-72-66(70)68(63-59-55-51-47-43-39-35-31-27-23-19-15-11-7-3)64-60-56-52-48-44-40-36-32-28-24-20-16-12-8-4/h5-64H2,1-4H3. The number of nitrogens with zero attached hydrogens (tertiary/aromatic N) is 2. The number of unbranched alkanes of at least 4 members (excludes halogenated alkanes) is 52. The summed E-state index contributed by atoms with van der Waals surface area (Å²) in [5, 5.41) is 0. The van der Waals surface area contributed by atoms with Gasteiger partial charge in [0.05, 0.1) is 0 Å². The van der Waals surface area contributed by atoms with Crippen LogP contribution in [0.3, 0.4) is 0 Å². The Kier molecular flexibility index (Phi) is 64.4. The second-order valence-electron chi connectivity index (χ2n) is 23.1. The summed E-state index contributed by atoms with van der Waals surface area (Å²) in [4.78, 5) is 5.17. The van der Waals surface area contributed by atoms with E-state index >= 15 is 0 Å². The quantitative estimate of drug-likeness (QED) is 0.0338. The third kappa shape index (κ3) is 56.7. The largest absolute Gasteiger partial charge is 0.357 e. The van der Waals surface area contributed by atoms with E-state index in [2.05, 4.69) is 37.5 Å². The van der Waals surface area contributed by atoms with Crippen molar-refractivity contribution in [3.8, 4) is 0 Å². The maximum absolute atomic E-state index is 6.27. The zero-order valence-electron chi connectivity index (χ0n) is 50.0. The minimum absolute atomic E-state index is 1.08. The monoisotopic (exact) mass is 1080 g/mol. The Morgan fingerprint density at radius 1 is 0.194 bits per heavy atom. The SMILES string of the molecule is CCCCCCCCCCCCCCCCN(CCCCCCCCCCCCCCCC)C(=S)SSC(=S)N(CCCCCCCCCCCCCCCC)CCCCCCCCCCCCCCCC. The molecule has 72 heavy (non-hydrogen) atoms. The van der Waals surface area contributed by atoms with Crippen molar-refractivity contribution in [2.24, 2.45) is 0 Å². The Balaban J connectivity index is 4.95. The third-order valence-electron chi connectivity index (χ3n) is 15.8. The van der Waals surface area contributed by atoms with Crippen molar-refractivity contribution >= 4 is 54.7 Å². The van der Waals surface area contributed by atoms with Gasteiger partial charge in [0.25, 0.3) is 0 Å². The van der Waals surface area contributed by atoms with E-state index in [-0.39, 0.29) is 0 Å². The molecule has 0 atom stereocenters. The minimum Gasteiger partial charge on any atom is -0.357 e. The molecule has 0 N–H and O–H groups in total. The number of hydrogen-bond donors (Lipinski definition) is 0. The van der Waals surface area contributed by atoms with Crippen LogP contribution in [0.15, 0.2) is 0 Å². The van der Waals surface area contributed by atoms with Crippen molar-refractivity contribution in [3.63, 3.8) is 0 Å². The Labute approximate surface area is 474 Å². The van der Waals surface area contributed by atoms with E-state index in [1.165, 1.54) is 360 Å². The molecule has 0 saturated heterocycles. The molecule has 0 aromatic carbocycles. The molecule has 0 amide bonds. The second-order valence-corrected chi connectivity index (χ2v) is 26.5. The Hall–Kier alpha value is 0.480. The van der Waals surface area contributed by atoms with E-state index in [1.807, 2.05) is 21.6 Å². The van der Waals surface area contributed by atoms with Crippen molar-refractivity contribution in [1.82, 2.24) is 9.80 Å². The fraction of sp³-hybridized carbons (Fsp3) is 0.970. The highest BCUT2D eigenvalue weighted by molar-refractivity contribution is 8.89. The molecule has 0 aliphatic heterocycles. The highest BCUT2D eigenvalue weighted by Gasteiger charge is 2.16. The average Bonchev–Trinajstić information content (AvgIpc) is 3.39. The van der Waals surface area contributed by atoms with Crippen molar-refractivity contribution in [2.45, 2.75) is 387 Å². The van der Waals surface area contributed by atoms with E-state index in [0.717, 1.165) is 34.8 Å². The first kappa shape index (κ1) is 72.5. The third-order valence-corrected chi connectivity index (χ3v) is 19.6. The summed E-state index contributed by atoms with van der Waals surface area (Å²) in [6.07, 6.45) is 79.1. The van der Waals surface area contributed by atoms with E-state index in [4.69, 9.17) is 24.4 Å². The van der Waals surface area contributed by atoms with Crippen LogP contribution >= 0.6 is 46.0 Å². The second kappa shape index (κ2) is 64.0. The predicted molar refractivity (Wildman–Crippen MR) is 345 cm³/mol. The van der Waals surface area contributed by atoms with Gasteiger partial charge in [0, 0.05) is 26.2 Å². The van der Waals surface area contributed by atoms with Gasteiger partial charge in [-0.2, -0.15) is 0 Å². The Bertz CT molecular complexity index is 895. The zero-order valence-corrected chi connectivity index (χ0v) is 53.2. The van der Waals surface area contributed by atoms with Crippen LogP contribution in [0.25, 0.3) is 0 Å². The van der Waals surface area contributed by atoms with Crippen molar-refractivity contribution in [3.05, 3.63) is 0 Å². The molecular weight excluding hydrogens is 949 g/mol. The summed E-state index contributed by atoms with van der Waals surface area (Å²) >= 11 is 12.5. The van der Waals surface area contributed by atoms with Gasteiger partial charge in [0.1, 0.15) is 8.64 Å². The topological polar surface area (TPSA) is 6.48 Å². The molecule has 0 saturated carbocycles. The molecule has 0 rings (SSSR count). The molecule has 0 spiro atoms. The van der Waals surface area contributed by atoms with E-state index in [9.17, 15) is 0 Å². The molecule has 430 valence electrons. The molecular formula is C66H132N2S4. The van der Waals surface area contributed by atoms with E-state index < -0.39 is 0 Å². The van der Waals surface area contributed by atoms with Crippen LogP contribution < -0.4 is 0 Å². The lowest BCUT2D eigenvalue weighted by atomic mass is 10.0. The summed E-state index contributed by atoms with van der Waals surface area (Å²) < 4.78 is 2.17. The van der Waals surface area contributed by atoms with Gasteiger partial charge >= 0.3 is 0 Å². The van der Waals surface area contributed by atoms with Gasteiger partial charge in [0.15, 0.2) is 0 Å². The Morgan fingerprint density at radius 2 is 0.306 bits per heavy atom. The predicted octanol–water partition coefficient (Wildman–Crippen LogP) is 25.5. The van der Waals surface area contributed by atoms with Crippen LogP contribution in [0.4, 0.5) is 0 Å². The lowest BCUT2D eigenvalue weighted by molar-refractivity contribution is 0.394. The number of thiocarbonyl (C=S) groups is 2. The molecule has 0 fully saturated rings. The molecule has 0 radical (unpaired) electrons. The van der Waals surface area contributed by atoms with Crippen LogP contribution in [0.2, 0.25) is 0 Å². The molecule has 0 aromatic rings.